The lowest BCUT2D eigenvalue weighted by molar-refractivity contribution is -0.142. The Balaban J connectivity index is 1.31. The van der Waals surface area contributed by atoms with Crippen LogP contribution in [0.4, 0.5) is 13.2 Å². The molecular weight excluding hydrogens is 433 g/mol. The molecule has 5 heterocycles. The zero-order valence-electron chi connectivity index (χ0n) is 16.7. The number of hydrogen-bond donors (Lipinski definition) is 1. The van der Waals surface area contributed by atoms with Gasteiger partial charge in [-0.25, -0.2) is 9.50 Å². The van der Waals surface area contributed by atoms with Crippen LogP contribution in [0.15, 0.2) is 18.6 Å². The Kier molecular flexibility index (Phi) is 4.89. The van der Waals surface area contributed by atoms with Crippen molar-refractivity contribution in [2.24, 2.45) is 0 Å². The molecule has 8 nitrogen and oxygen atoms in total. The van der Waals surface area contributed by atoms with E-state index >= 15 is 0 Å². The zero-order chi connectivity index (χ0) is 21.8. The first-order valence-electron chi connectivity index (χ1n) is 9.98. The van der Waals surface area contributed by atoms with Gasteiger partial charge >= 0.3 is 6.18 Å². The van der Waals surface area contributed by atoms with E-state index in [0.29, 0.717) is 17.8 Å². The molecule has 1 N–H and O–H groups in total. The zero-order valence-corrected chi connectivity index (χ0v) is 17.5. The third-order valence-corrected chi connectivity index (χ3v) is 6.27. The second-order valence-corrected chi connectivity index (χ2v) is 8.29. The first-order valence-corrected chi connectivity index (χ1v) is 10.4. The fourth-order valence-corrected chi connectivity index (χ4v) is 4.62. The number of aromatic nitrogens is 7. The number of rotatable bonds is 4. The lowest BCUT2D eigenvalue weighted by Crippen LogP contribution is -2.33. The van der Waals surface area contributed by atoms with Gasteiger partial charge in [0.2, 0.25) is 0 Å². The Morgan fingerprint density at radius 1 is 1.26 bits per heavy atom. The molecule has 4 aromatic heterocycles. The smallest absolute Gasteiger partial charge is 0.346 e. The number of hydrogen-bond acceptors (Lipinski definition) is 5. The molecule has 0 spiro atoms. The number of alkyl halides is 3. The van der Waals surface area contributed by atoms with E-state index in [1.165, 1.54) is 0 Å². The van der Waals surface area contributed by atoms with Crippen molar-refractivity contribution in [2.75, 3.05) is 13.1 Å². The maximum atomic E-state index is 12.8. The lowest BCUT2D eigenvalue weighted by atomic mass is 9.92. The standard InChI is InChI=1S/C19H20ClF3N8/c1-11-14(17(20)27-30(11)9-19(21,22)23)8-29-6-3-12(4-7-29)15-16-13-2-5-24-18(13)25-10-31(16)28-26-15/h2,5,10,12,24H,3-4,6-9H2,1H3. The SMILES string of the molecule is Cc1c(CN2CCC(c3nnn4cnc5[nH]ccc5c34)CC2)c(Cl)nn1CC(F)(F)F. The summed E-state index contributed by atoms with van der Waals surface area (Å²) in [7, 11) is 0. The van der Waals surface area contributed by atoms with Gasteiger partial charge in [-0.3, -0.25) is 9.58 Å². The highest BCUT2D eigenvalue weighted by Crippen LogP contribution is 2.33. The molecule has 0 bridgehead atoms. The summed E-state index contributed by atoms with van der Waals surface area (Å²) in [5.74, 6) is 0.249. The Hall–Kier alpha value is -2.66. The van der Waals surface area contributed by atoms with Gasteiger partial charge in [0, 0.05) is 35.3 Å². The van der Waals surface area contributed by atoms with Gasteiger partial charge in [0.1, 0.15) is 24.0 Å². The Bertz CT molecular complexity index is 1230. The molecule has 12 heteroatoms. The van der Waals surface area contributed by atoms with Crippen LogP contribution in [-0.2, 0) is 13.1 Å². The van der Waals surface area contributed by atoms with E-state index in [1.54, 1.807) is 17.8 Å². The number of nitrogens with zero attached hydrogens (tertiary/aromatic N) is 7. The normalized spacial score (nSPS) is 16.7. The highest BCUT2D eigenvalue weighted by Gasteiger charge is 2.31. The van der Waals surface area contributed by atoms with E-state index in [-0.39, 0.29) is 11.1 Å². The second-order valence-electron chi connectivity index (χ2n) is 7.93. The lowest BCUT2D eigenvalue weighted by Gasteiger charge is -2.31. The van der Waals surface area contributed by atoms with Gasteiger partial charge in [0.15, 0.2) is 5.15 Å². The van der Waals surface area contributed by atoms with Crippen LogP contribution in [0.5, 0.6) is 0 Å². The fourth-order valence-electron chi connectivity index (χ4n) is 4.33. The van der Waals surface area contributed by atoms with Crippen LogP contribution in [-0.4, -0.2) is 58.7 Å². The average molecular weight is 453 g/mol. The molecule has 1 aliphatic heterocycles. The number of nitrogens with one attached hydrogen (secondary N) is 1. The molecule has 0 saturated carbocycles. The maximum absolute atomic E-state index is 12.8. The highest BCUT2D eigenvalue weighted by atomic mass is 35.5. The number of H-pyrrole nitrogens is 1. The fraction of sp³-hybridized carbons (Fsp3) is 0.474. The molecule has 4 aromatic rings. The van der Waals surface area contributed by atoms with Crippen LogP contribution < -0.4 is 0 Å². The number of halogens is 4. The van der Waals surface area contributed by atoms with Gasteiger partial charge in [-0.2, -0.15) is 18.3 Å². The third kappa shape index (κ3) is 3.76. The van der Waals surface area contributed by atoms with Crippen molar-refractivity contribution in [3.63, 3.8) is 0 Å². The molecule has 0 aliphatic carbocycles. The summed E-state index contributed by atoms with van der Waals surface area (Å²) in [5, 5.41) is 13.6. The minimum Gasteiger partial charge on any atom is -0.346 e. The van der Waals surface area contributed by atoms with Crippen LogP contribution in [0.25, 0.3) is 16.6 Å². The van der Waals surface area contributed by atoms with E-state index in [2.05, 4.69) is 30.3 Å². The van der Waals surface area contributed by atoms with Crippen molar-refractivity contribution in [2.45, 2.75) is 44.9 Å². The van der Waals surface area contributed by atoms with E-state index < -0.39 is 12.7 Å². The first-order chi connectivity index (χ1) is 14.8. The number of fused-ring (bicyclic) bond motifs is 3. The van der Waals surface area contributed by atoms with Gasteiger partial charge in [-0.05, 0) is 38.9 Å². The Labute approximate surface area is 180 Å². The first kappa shape index (κ1) is 20.3. The molecule has 5 rings (SSSR count). The molecule has 164 valence electrons. The molecule has 0 atom stereocenters. The monoisotopic (exact) mass is 452 g/mol. The second kappa shape index (κ2) is 7.49. The molecular formula is C19H20ClF3N8. The van der Waals surface area contributed by atoms with Crippen molar-refractivity contribution in [1.29, 1.82) is 0 Å². The number of likely N-dealkylation sites (tertiary alicyclic amines) is 1. The van der Waals surface area contributed by atoms with Gasteiger partial charge in [0.25, 0.3) is 0 Å². The minimum atomic E-state index is -4.34. The van der Waals surface area contributed by atoms with Crippen LogP contribution in [0, 0.1) is 6.92 Å². The summed E-state index contributed by atoms with van der Waals surface area (Å²) in [6, 6.07) is 1.98. The molecule has 1 fully saturated rings. The van der Waals surface area contributed by atoms with Crippen LogP contribution in [0.3, 0.4) is 0 Å². The average Bonchev–Trinajstić information content (AvgIpc) is 3.41. The molecule has 0 amide bonds. The van der Waals surface area contributed by atoms with Crippen molar-refractivity contribution in [3.8, 4) is 0 Å². The van der Waals surface area contributed by atoms with Gasteiger partial charge in [-0.1, -0.05) is 16.8 Å². The largest absolute Gasteiger partial charge is 0.408 e. The van der Waals surface area contributed by atoms with Crippen LogP contribution >= 0.6 is 11.6 Å². The molecule has 31 heavy (non-hydrogen) atoms. The highest BCUT2D eigenvalue weighted by molar-refractivity contribution is 6.30. The van der Waals surface area contributed by atoms with Crippen LogP contribution in [0.2, 0.25) is 5.15 Å². The van der Waals surface area contributed by atoms with Crippen molar-refractivity contribution >= 4 is 28.2 Å². The topological polar surface area (TPSA) is 79.9 Å². The minimum absolute atomic E-state index is 0.135. The molecule has 1 aliphatic rings. The summed E-state index contributed by atoms with van der Waals surface area (Å²) in [6.07, 6.45) is 0.911. The summed E-state index contributed by atoms with van der Waals surface area (Å²) in [6.45, 7) is 2.54. The van der Waals surface area contributed by atoms with E-state index in [1.807, 2.05) is 12.3 Å². The predicted molar refractivity (Wildman–Crippen MR) is 108 cm³/mol. The Morgan fingerprint density at radius 2 is 2.03 bits per heavy atom. The van der Waals surface area contributed by atoms with E-state index in [0.717, 1.165) is 52.9 Å². The quantitative estimate of drug-likeness (QED) is 0.510. The summed E-state index contributed by atoms with van der Waals surface area (Å²) >= 11 is 6.16. The summed E-state index contributed by atoms with van der Waals surface area (Å²) in [4.78, 5) is 9.64. The van der Waals surface area contributed by atoms with Crippen molar-refractivity contribution in [1.82, 2.24) is 39.5 Å². The van der Waals surface area contributed by atoms with Crippen molar-refractivity contribution < 1.29 is 13.2 Å². The van der Waals surface area contributed by atoms with Gasteiger partial charge in [-0.15, -0.1) is 5.10 Å². The van der Waals surface area contributed by atoms with Gasteiger partial charge < -0.3 is 4.98 Å². The van der Waals surface area contributed by atoms with Crippen LogP contribution in [0.1, 0.15) is 35.7 Å². The maximum Gasteiger partial charge on any atom is 0.408 e. The Morgan fingerprint density at radius 3 is 2.77 bits per heavy atom. The predicted octanol–water partition coefficient (Wildman–Crippen LogP) is 3.71. The number of piperidine rings is 1. The summed E-state index contributed by atoms with van der Waals surface area (Å²) in [5.41, 5.74) is 3.83. The molecule has 1 saturated heterocycles. The van der Waals surface area contributed by atoms with Crippen molar-refractivity contribution in [3.05, 3.63) is 40.7 Å². The van der Waals surface area contributed by atoms with E-state index in [4.69, 9.17) is 11.6 Å². The summed E-state index contributed by atoms with van der Waals surface area (Å²) < 4.78 is 40.9. The third-order valence-electron chi connectivity index (χ3n) is 5.96. The van der Waals surface area contributed by atoms with Gasteiger partial charge in [0.05, 0.1) is 5.69 Å². The molecule has 0 radical (unpaired) electrons. The molecule has 0 unspecified atom stereocenters. The number of aromatic amines is 1. The molecule has 0 aromatic carbocycles. The van der Waals surface area contributed by atoms with E-state index in [9.17, 15) is 13.2 Å².